The minimum Gasteiger partial charge on any atom is -0.391 e. The number of rotatable bonds is 8. The summed E-state index contributed by atoms with van der Waals surface area (Å²) in [7, 11) is 0. The van der Waals surface area contributed by atoms with Crippen LogP contribution in [0.2, 0.25) is 0 Å². The van der Waals surface area contributed by atoms with Gasteiger partial charge < -0.3 is 20.1 Å². The molecule has 2 rings (SSSR count). The van der Waals surface area contributed by atoms with Crippen LogP contribution in [0.25, 0.3) is 5.65 Å². The molecule has 0 bridgehead atoms. The van der Waals surface area contributed by atoms with Gasteiger partial charge in [0.15, 0.2) is 0 Å². The molecule has 132 valence electrons. The van der Waals surface area contributed by atoms with E-state index in [1.165, 1.54) is 0 Å². The smallest absolute Gasteiger partial charge is 0.314 e. The van der Waals surface area contributed by atoms with Gasteiger partial charge >= 0.3 is 6.03 Å². The first-order valence-electron chi connectivity index (χ1n) is 8.68. The van der Waals surface area contributed by atoms with Gasteiger partial charge in [0.05, 0.1) is 11.8 Å². The first-order chi connectivity index (χ1) is 11.5. The molecule has 2 heterocycles. The van der Waals surface area contributed by atoms with Crippen molar-refractivity contribution in [3.05, 3.63) is 35.8 Å². The third-order valence-electron chi connectivity index (χ3n) is 4.46. The second kappa shape index (κ2) is 8.68. The lowest BCUT2D eigenvalue weighted by atomic mass is 9.97. The van der Waals surface area contributed by atoms with Crippen LogP contribution < -0.4 is 10.6 Å². The molecule has 0 radical (unpaired) electrons. The van der Waals surface area contributed by atoms with Gasteiger partial charge in [-0.05, 0) is 24.5 Å². The summed E-state index contributed by atoms with van der Waals surface area (Å²) in [6, 6.07) is 3.77. The summed E-state index contributed by atoms with van der Waals surface area (Å²) in [6.07, 6.45) is 5.95. The Bertz CT molecular complexity index is 664. The van der Waals surface area contributed by atoms with E-state index in [4.69, 9.17) is 0 Å². The number of aromatic nitrogens is 2. The van der Waals surface area contributed by atoms with Crippen molar-refractivity contribution in [1.29, 1.82) is 0 Å². The molecular weight excluding hydrogens is 304 g/mol. The number of imidazole rings is 1. The summed E-state index contributed by atoms with van der Waals surface area (Å²) in [4.78, 5) is 16.4. The van der Waals surface area contributed by atoms with Crippen molar-refractivity contribution in [3.8, 4) is 0 Å². The summed E-state index contributed by atoms with van der Waals surface area (Å²) in [6.45, 7) is 6.92. The Balaban J connectivity index is 1.75. The van der Waals surface area contributed by atoms with Crippen molar-refractivity contribution in [3.63, 3.8) is 0 Å². The number of fused-ring (bicyclic) bond motifs is 1. The molecule has 0 aliphatic heterocycles. The minimum atomic E-state index is -0.493. The maximum Gasteiger partial charge on any atom is 0.314 e. The maximum absolute atomic E-state index is 11.8. The predicted octanol–water partition coefficient (Wildman–Crippen LogP) is 2.28. The van der Waals surface area contributed by atoms with Crippen LogP contribution >= 0.6 is 0 Å². The molecule has 0 saturated heterocycles. The maximum atomic E-state index is 11.8. The lowest BCUT2D eigenvalue weighted by molar-refractivity contribution is 0.103. The molecule has 0 aliphatic carbocycles. The molecule has 2 aromatic rings. The number of nitrogens with zero attached hydrogens (tertiary/aromatic N) is 2. The molecule has 2 amide bonds. The molecule has 1 unspecified atom stereocenters. The third-order valence-corrected chi connectivity index (χ3v) is 4.46. The Kier molecular flexibility index (Phi) is 6.61. The number of carbonyl (C=O) groups is 1. The van der Waals surface area contributed by atoms with E-state index in [-0.39, 0.29) is 18.5 Å². The van der Waals surface area contributed by atoms with Crippen LogP contribution in [0, 0.1) is 12.8 Å². The van der Waals surface area contributed by atoms with Crippen molar-refractivity contribution in [1.82, 2.24) is 20.0 Å². The van der Waals surface area contributed by atoms with E-state index in [2.05, 4.69) is 15.6 Å². The van der Waals surface area contributed by atoms with Gasteiger partial charge in [-0.1, -0.05) is 32.8 Å². The molecule has 2 aromatic heterocycles. The summed E-state index contributed by atoms with van der Waals surface area (Å²) in [5.41, 5.74) is 3.02. The van der Waals surface area contributed by atoms with Gasteiger partial charge in [-0.2, -0.15) is 0 Å². The van der Waals surface area contributed by atoms with Gasteiger partial charge in [0.25, 0.3) is 0 Å². The number of aryl methyl sites for hydroxylation is 1. The van der Waals surface area contributed by atoms with E-state index in [1.54, 1.807) is 0 Å². The van der Waals surface area contributed by atoms with Crippen LogP contribution in [-0.2, 0) is 6.42 Å². The normalized spacial score (nSPS) is 12.5. The number of aliphatic hydroxyl groups excluding tert-OH is 1. The highest BCUT2D eigenvalue weighted by Gasteiger charge is 2.16. The topological polar surface area (TPSA) is 78.7 Å². The SMILES string of the molecule is CCC(CC)C(O)CNC(=O)NCCc1cn2cccc(C)c2n1. The number of nitrogens with one attached hydrogen (secondary N) is 2. The van der Waals surface area contributed by atoms with Crippen LogP contribution in [0.3, 0.4) is 0 Å². The zero-order valence-corrected chi connectivity index (χ0v) is 14.7. The van der Waals surface area contributed by atoms with Crippen LogP contribution in [0.5, 0.6) is 0 Å². The fourth-order valence-electron chi connectivity index (χ4n) is 2.89. The van der Waals surface area contributed by atoms with E-state index in [0.717, 1.165) is 29.7 Å². The lowest BCUT2D eigenvalue weighted by Crippen LogP contribution is -2.42. The van der Waals surface area contributed by atoms with Crippen molar-refractivity contribution in [2.75, 3.05) is 13.1 Å². The summed E-state index contributed by atoms with van der Waals surface area (Å²) in [5.74, 6) is 0.228. The number of amides is 2. The quantitative estimate of drug-likeness (QED) is 0.694. The highest BCUT2D eigenvalue weighted by Crippen LogP contribution is 2.12. The number of urea groups is 1. The molecule has 0 aliphatic rings. The fourth-order valence-corrected chi connectivity index (χ4v) is 2.89. The predicted molar refractivity (Wildman–Crippen MR) is 95.1 cm³/mol. The lowest BCUT2D eigenvalue weighted by Gasteiger charge is -2.20. The molecule has 0 saturated carbocycles. The number of aliphatic hydroxyl groups is 1. The number of hydrogen-bond donors (Lipinski definition) is 3. The Hall–Kier alpha value is -2.08. The second-order valence-corrected chi connectivity index (χ2v) is 6.19. The molecule has 6 heteroatoms. The van der Waals surface area contributed by atoms with Crippen molar-refractivity contribution >= 4 is 11.7 Å². The minimum absolute atomic E-state index is 0.228. The van der Waals surface area contributed by atoms with Gasteiger partial charge in [-0.25, -0.2) is 9.78 Å². The highest BCUT2D eigenvalue weighted by atomic mass is 16.3. The van der Waals surface area contributed by atoms with Crippen molar-refractivity contribution in [2.45, 2.75) is 46.1 Å². The Morgan fingerprint density at radius 2 is 2.08 bits per heavy atom. The first-order valence-corrected chi connectivity index (χ1v) is 8.68. The van der Waals surface area contributed by atoms with Gasteiger partial charge in [-0.3, -0.25) is 0 Å². The van der Waals surface area contributed by atoms with Crippen molar-refractivity contribution < 1.29 is 9.90 Å². The van der Waals surface area contributed by atoms with Crippen LogP contribution in [-0.4, -0.2) is 39.7 Å². The Morgan fingerprint density at radius 1 is 1.33 bits per heavy atom. The largest absolute Gasteiger partial charge is 0.391 e. The number of carbonyl (C=O) groups excluding carboxylic acids is 1. The standard InChI is InChI=1S/C18H28N4O2/c1-4-14(5-2)16(23)11-20-18(24)19-9-8-15-12-22-10-6-7-13(3)17(22)21-15/h6-7,10,12,14,16,23H,4-5,8-9,11H2,1-3H3,(H2,19,20,24). The van der Waals surface area contributed by atoms with E-state index in [9.17, 15) is 9.90 Å². The van der Waals surface area contributed by atoms with Crippen LogP contribution in [0.1, 0.15) is 37.9 Å². The molecule has 0 spiro atoms. The molecule has 0 aromatic carbocycles. The van der Waals surface area contributed by atoms with E-state index >= 15 is 0 Å². The molecule has 0 fully saturated rings. The van der Waals surface area contributed by atoms with Gasteiger partial charge in [0.2, 0.25) is 0 Å². The van der Waals surface area contributed by atoms with Crippen molar-refractivity contribution in [2.24, 2.45) is 5.92 Å². The van der Waals surface area contributed by atoms with Crippen LogP contribution in [0.15, 0.2) is 24.5 Å². The van der Waals surface area contributed by atoms with E-state index in [0.29, 0.717) is 13.0 Å². The average molecular weight is 332 g/mol. The monoisotopic (exact) mass is 332 g/mol. The van der Waals surface area contributed by atoms with Gasteiger partial charge in [-0.15, -0.1) is 0 Å². The summed E-state index contributed by atoms with van der Waals surface area (Å²) in [5, 5.41) is 15.6. The zero-order chi connectivity index (χ0) is 17.5. The second-order valence-electron chi connectivity index (χ2n) is 6.19. The van der Waals surface area contributed by atoms with Crippen LogP contribution in [0.4, 0.5) is 4.79 Å². The van der Waals surface area contributed by atoms with Gasteiger partial charge in [0.1, 0.15) is 5.65 Å². The highest BCUT2D eigenvalue weighted by molar-refractivity contribution is 5.73. The Labute approximate surface area is 143 Å². The summed E-state index contributed by atoms with van der Waals surface area (Å²) >= 11 is 0. The first kappa shape index (κ1) is 18.3. The zero-order valence-electron chi connectivity index (χ0n) is 14.7. The molecule has 6 nitrogen and oxygen atoms in total. The average Bonchev–Trinajstić information content (AvgIpc) is 2.98. The van der Waals surface area contributed by atoms with E-state index in [1.807, 2.05) is 49.7 Å². The fraction of sp³-hybridized carbons (Fsp3) is 0.556. The molecule has 3 N–H and O–H groups in total. The molecule has 1 atom stereocenters. The number of hydrogen-bond acceptors (Lipinski definition) is 3. The molecule has 24 heavy (non-hydrogen) atoms. The van der Waals surface area contributed by atoms with E-state index < -0.39 is 6.10 Å². The Morgan fingerprint density at radius 3 is 2.75 bits per heavy atom. The summed E-state index contributed by atoms with van der Waals surface area (Å²) < 4.78 is 2.00. The van der Waals surface area contributed by atoms with Gasteiger partial charge in [0, 0.05) is 31.9 Å². The third kappa shape index (κ3) is 4.71. The number of pyridine rings is 1. The molecular formula is C18H28N4O2.